The van der Waals surface area contributed by atoms with Crippen molar-refractivity contribution < 1.29 is 5.21 Å². The number of benzene rings is 1. The van der Waals surface area contributed by atoms with Gasteiger partial charge in [0.25, 0.3) is 0 Å². The Labute approximate surface area is 104 Å². The Balaban J connectivity index is 2.40. The van der Waals surface area contributed by atoms with E-state index in [0.29, 0.717) is 13.0 Å². The second-order valence-electron chi connectivity index (χ2n) is 3.57. The molecule has 1 atom stereocenters. The van der Waals surface area contributed by atoms with Crippen molar-refractivity contribution >= 4 is 21.8 Å². The monoisotopic (exact) mass is 285 g/mol. The molecule has 1 aromatic rings. The van der Waals surface area contributed by atoms with Crippen LogP contribution in [0, 0.1) is 0 Å². The number of nitrogens with two attached hydrogens (primary N) is 1. The van der Waals surface area contributed by atoms with Crippen LogP contribution in [-0.4, -0.2) is 17.6 Å². The Hall–Kier alpha value is -1.07. The lowest BCUT2D eigenvalue weighted by atomic mass is 10.1. The fourth-order valence-electron chi connectivity index (χ4n) is 1.34. The third-order valence-corrected chi connectivity index (χ3v) is 2.86. The van der Waals surface area contributed by atoms with E-state index >= 15 is 0 Å². The summed E-state index contributed by atoms with van der Waals surface area (Å²) < 4.78 is 1.07. The van der Waals surface area contributed by atoms with Crippen molar-refractivity contribution in [2.75, 3.05) is 6.54 Å². The summed E-state index contributed by atoms with van der Waals surface area (Å²) in [6.07, 6.45) is 0.539. The molecular formula is C11H16BrN3O. The molecule has 88 valence electrons. The molecule has 0 aliphatic heterocycles. The van der Waals surface area contributed by atoms with Gasteiger partial charge in [0.15, 0.2) is 0 Å². The van der Waals surface area contributed by atoms with E-state index in [1.54, 1.807) is 0 Å². The van der Waals surface area contributed by atoms with Gasteiger partial charge in [-0.3, -0.25) is 0 Å². The highest BCUT2D eigenvalue weighted by molar-refractivity contribution is 9.10. The first-order valence-corrected chi connectivity index (χ1v) is 5.88. The Morgan fingerprint density at radius 1 is 1.50 bits per heavy atom. The number of nitrogens with one attached hydrogen (secondary N) is 1. The summed E-state index contributed by atoms with van der Waals surface area (Å²) >= 11 is 3.40. The predicted octanol–water partition coefficient (Wildman–Crippen LogP) is 2.24. The summed E-state index contributed by atoms with van der Waals surface area (Å²) in [5.41, 5.74) is 6.58. The average molecular weight is 286 g/mol. The lowest BCUT2D eigenvalue weighted by Gasteiger charge is -2.13. The highest BCUT2D eigenvalue weighted by atomic mass is 79.9. The molecular weight excluding hydrogens is 270 g/mol. The summed E-state index contributed by atoms with van der Waals surface area (Å²) in [5.74, 6) is 0.246. The van der Waals surface area contributed by atoms with Crippen molar-refractivity contribution in [2.45, 2.75) is 19.4 Å². The van der Waals surface area contributed by atoms with E-state index in [0.717, 1.165) is 4.47 Å². The molecule has 0 heterocycles. The summed E-state index contributed by atoms with van der Waals surface area (Å²) in [7, 11) is 0. The smallest absolute Gasteiger partial charge is 0.140 e. The summed E-state index contributed by atoms with van der Waals surface area (Å²) in [5, 5.41) is 14.6. The van der Waals surface area contributed by atoms with Crippen molar-refractivity contribution in [2.24, 2.45) is 10.9 Å². The Morgan fingerprint density at radius 2 is 2.12 bits per heavy atom. The molecule has 4 nitrogen and oxygen atoms in total. The van der Waals surface area contributed by atoms with Crippen molar-refractivity contribution in [1.29, 1.82) is 0 Å². The highest BCUT2D eigenvalue weighted by Crippen LogP contribution is 2.16. The van der Waals surface area contributed by atoms with Gasteiger partial charge < -0.3 is 16.3 Å². The fourth-order valence-corrected chi connectivity index (χ4v) is 1.60. The van der Waals surface area contributed by atoms with Gasteiger partial charge in [0, 0.05) is 23.5 Å². The molecule has 0 aromatic heterocycles. The maximum absolute atomic E-state index is 8.38. The molecule has 0 spiro atoms. The fraction of sp³-hybridized carbons (Fsp3) is 0.364. The molecule has 1 unspecified atom stereocenters. The molecule has 0 radical (unpaired) electrons. The number of rotatable bonds is 5. The number of oxime groups is 1. The van der Waals surface area contributed by atoms with Gasteiger partial charge in [-0.25, -0.2) is 0 Å². The third-order valence-electron chi connectivity index (χ3n) is 2.33. The standard InChI is InChI=1S/C11H16BrN3O/c1-8(14-7-6-11(13)15-16)9-2-4-10(12)5-3-9/h2-5,8,14,16H,6-7H2,1H3,(H2,13,15). The van der Waals surface area contributed by atoms with Gasteiger partial charge in [-0.05, 0) is 24.6 Å². The number of hydrogen-bond donors (Lipinski definition) is 3. The summed E-state index contributed by atoms with van der Waals surface area (Å²) in [6.45, 7) is 2.77. The van der Waals surface area contributed by atoms with Gasteiger partial charge in [-0.1, -0.05) is 33.2 Å². The molecule has 0 amide bonds. The number of hydrogen-bond acceptors (Lipinski definition) is 3. The minimum Gasteiger partial charge on any atom is -0.409 e. The second kappa shape index (κ2) is 6.50. The number of halogens is 1. The van der Waals surface area contributed by atoms with Crippen LogP contribution in [0.4, 0.5) is 0 Å². The predicted molar refractivity (Wildman–Crippen MR) is 68.6 cm³/mol. The minimum absolute atomic E-state index is 0.246. The lowest BCUT2D eigenvalue weighted by Crippen LogP contribution is -2.24. The van der Waals surface area contributed by atoms with Crippen LogP contribution < -0.4 is 11.1 Å². The first-order valence-electron chi connectivity index (χ1n) is 5.08. The molecule has 5 heteroatoms. The van der Waals surface area contributed by atoms with Crippen molar-refractivity contribution in [3.05, 3.63) is 34.3 Å². The maximum atomic E-state index is 8.38. The molecule has 0 saturated heterocycles. The molecule has 4 N–H and O–H groups in total. The Morgan fingerprint density at radius 3 is 2.69 bits per heavy atom. The molecule has 16 heavy (non-hydrogen) atoms. The van der Waals surface area contributed by atoms with Gasteiger partial charge in [-0.15, -0.1) is 0 Å². The largest absolute Gasteiger partial charge is 0.409 e. The molecule has 0 aliphatic carbocycles. The van der Waals surface area contributed by atoms with E-state index < -0.39 is 0 Å². The zero-order valence-corrected chi connectivity index (χ0v) is 10.7. The third kappa shape index (κ3) is 4.20. The van der Waals surface area contributed by atoms with Crippen molar-refractivity contribution in [3.63, 3.8) is 0 Å². The first-order chi connectivity index (χ1) is 7.63. The quantitative estimate of drug-likeness (QED) is 0.336. The molecule has 0 aliphatic rings. The van der Waals surface area contributed by atoms with Crippen molar-refractivity contribution in [1.82, 2.24) is 5.32 Å². The van der Waals surface area contributed by atoms with Crippen LogP contribution in [-0.2, 0) is 0 Å². The maximum Gasteiger partial charge on any atom is 0.140 e. The van der Waals surface area contributed by atoms with E-state index in [4.69, 9.17) is 10.9 Å². The second-order valence-corrected chi connectivity index (χ2v) is 4.48. The summed E-state index contributed by atoms with van der Waals surface area (Å²) in [6, 6.07) is 8.39. The van der Waals surface area contributed by atoms with E-state index in [1.165, 1.54) is 5.56 Å². The first kappa shape index (κ1) is 13.0. The summed E-state index contributed by atoms with van der Waals surface area (Å²) in [4.78, 5) is 0. The molecule has 0 saturated carbocycles. The average Bonchev–Trinajstić information content (AvgIpc) is 2.29. The molecule has 0 fully saturated rings. The zero-order chi connectivity index (χ0) is 12.0. The van der Waals surface area contributed by atoms with E-state index in [1.807, 2.05) is 12.1 Å². The van der Waals surface area contributed by atoms with Crippen LogP contribution in [0.5, 0.6) is 0 Å². The van der Waals surface area contributed by atoms with Gasteiger partial charge >= 0.3 is 0 Å². The molecule has 0 bridgehead atoms. The van der Waals surface area contributed by atoms with Gasteiger partial charge in [0.1, 0.15) is 5.84 Å². The van der Waals surface area contributed by atoms with E-state index in [2.05, 4.69) is 45.5 Å². The van der Waals surface area contributed by atoms with Crippen LogP contribution in [0.2, 0.25) is 0 Å². The van der Waals surface area contributed by atoms with Crippen molar-refractivity contribution in [3.8, 4) is 0 Å². The van der Waals surface area contributed by atoms with Crippen LogP contribution in [0.25, 0.3) is 0 Å². The Bertz CT molecular complexity index is 351. The SMILES string of the molecule is CC(NCCC(N)=NO)c1ccc(Br)cc1. The highest BCUT2D eigenvalue weighted by Gasteiger charge is 2.04. The van der Waals surface area contributed by atoms with E-state index in [9.17, 15) is 0 Å². The van der Waals surface area contributed by atoms with Crippen LogP contribution >= 0.6 is 15.9 Å². The lowest BCUT2D eigenvalue weighted by molar-refractivity contribution is 0.316. The van der Waals surface area contributed by atoms with Crippen LogP contribution in [0.15, 0.2) is 33.9 Å². The normalized spacial score (nSPS) is 13.8. The van der Waals surface area contributed by atoms with Gasteiger partial charge in [0.05, 0.1) is 0 Å². The molecule has 1 rings (SSSR count). The van der Waals surface area contributed by atoms with Gasteiger partial charge in [0.2, 0.25) is 0 Å². The number of nitrogens with zero attached hydrogens (tertiary/aromatic N) is 1. The van der Waals surface area contributed by atoms with Crippen LogP contribution in [0.3, 0.4) is 0 Å². The molecule has 1 aromatic carbocycles. The van der Waals surface area contributed by atoms with Crippen LogP contribution in [0.1, 0.15) is 24.9 Å². The van der Waals surface area contributed by atoms with E-state index in [-0.39, 0.29) is 11.9 Å². The Kier molecular flexibility index (Phi) is 5.28. The van der Waals surface area contributed by atoms with Gasteiger partial charge in [-0.2, -0.15) is 0 Å². The number of amidine groups is 1. The zero-order valence-electron chi connectivity index (χ0n) is 9.15. The topological polar surface area (TPSA) is 70.6 Å². The minimum atomic E-state index is 0.246.